The van der Waals surface area contributed by atoms with Crippen LogP contribution in [0.3, 0.4) is 0 Å². The van der Waals surface area contributed by atoms with Crippen molar-refractivity contribution in [3.8, 4) is 17.1 Å². The highest BCUT2D eigenvalue weighted by molar-refractivity contribution is 7.89. The van der Waals surface area contributed by atoms with Gasteiger partial charge in [-0.2, -0.15) is 9.29 Å². The summed E-state index contributed by atoms with van der Waals surface area (Å²) in [5.74, 6) is 1.47. The number of rotatable bonds is 5. The standard InChI is InChI=1S/C23H21N3O4S/c1-29-19-11-8-17(9-12-19)22-24-23(30-25-22)21-7-4-14-26(21)31(27,28)20-13-10-16-5-2-3-6-18(16)15-20/h2-3,5-6,8-13,15,21H,4,7,14H2,1H3. The molecular weight excluding hydrogens is 414 g/mol. The maximum Gasteiger partial charge on any atom is 0.245 e. The number of nitrogens with zero attached hydrogens (tertiary/aromatic N) is 3. The molecule has 0 spiro atoms. The van der Waals surface area contributed by atoms with Crippen LogP contribution < -0.4 is 4.74 Å². The monoisotopic (exact) mass is 435 g/mol. The molecule has 7 nitrogen and oxygen atoms in total. The summed E-state index contributed by atoms with van der Waals surface area (Å²) in [6.07, 6.45) is 1.37. The average Bonchev–Trinajstić information content (AvgIpc) is 3.49. The Labute approximate surface area is 180 Å². The fourth-order valence-electron chi connectivity index (χ4n) is 3.97. The first kappa shape index (κ1) is 19.7. The molecule has 5 rings (SSSR count). The van der Waals surface area contributed by atoms with Gasteiger partial charge in [-0.3, -0.25) is 0 Å². The first-order valence-corrected chi connectivity index (χ1v) is 11.5. The van der Waals surface area contributed by atoms with E-state index in [9.17, 15) is 8.42 Å². The lowest BCUT2D eigenvalue weighted by atomic mass is 10.1. The first-order chi connectivity index (χ1) is 15.1. The second kappa shape index (κ2) is 7.79. The van der Waals surface area contributed by atoms with E-state index in [1.165, 1.54) is 4.31 Å². The predicted octanol–water partition coefficient (Wildman–Crippen LogP) is 4.42. The van der Waals surface area contributed by atoms with Crippen LogP contribution in [-0.2, 0) is 10.0 Å². The fourth-order valence-corrected chi connectivity index (χ4v) is 5.65. The van der Waals surface area contributed by atoms with Crippen LogP contribution in [0.4, 0.5) is 0 Å². The molecule has 1 fully saturated rings. The van der Waals surface area contributed by atoms with E-state index < -0.39 is 16.1 Å². The van der Waals surface area contributed by atoms with Crippen molar-refractivity contribution in [2.24, 2.45) is 0 Å². The smallest absolute Gasteiger partial charge is 0.245 e. The number of benzene rings is 3. The number of ether oxygens (including phenoxy) is 1. The molecule has 4 aromatic rings. The molecule has 1 aliphatic rings. The second-order valence-corrected chi connectivity index (χ2v) is 9.36. The zero-order valence-electron chi connectivity index (χ0n) is 16.9. The molecular formula is C23H21N3O4S. The van der Waals surface area contributed by atoms with Crippen LogP contribution in [-0.4, -0.2) is 36.5 Å². The molecule has 31 heavy (non-hydrogen) atoms. The summed E-state index contributed by atoms with van der Waals surface area (Å²) < 4.78 is 39.0. The van der Waals surface area contributed by atoms with E-state index in [0.717, 1.165) is 28.5 Å². The SMILES string of the molecule is COc1ccc(-c2noc(C3CCCN3S(=O)(=O)c3ccc4ccccc4c3)n2)cc1. The van der Waals surface area contributed by atoms with Crippen molar-refractivity contribution in [1.82, 2.24) is 14.4 Å². The quantitative estimate of drug-likeness (QED) is 0.461. The maximum atomic E-state index is 13.4. The second-order valence-electron chi connectivity index (χ2n) is 7.47. The number of hydrogen-bond acceptors (Lipinski definition) is 6. The molecule has 1 unspecified atom stereocenters. The largest absolute Gasteiger partial charge is 0.497 e. The van der Waals surface area contributed by atoms with Gasteiger partial charge in [0.2, 0.25) is 21.7 Å². The molecule has 0 saturated carbocycles. The Morgan fingerprint density at radius 2 is 1.81 bits per heavy atom. The summed E-state index contributed by atoms with van der Waals surface area (Å²) >= 11 is 0. The molecule has 1 aliphatic heterocycles. The van der Waals surface area contributed by atoms with E-state index in [1.807, 2.05) is 54.6 Å². The van der Waals surface area contributed by atoms with Crippen molar-refractivity contribution in [3.63, 3.8) is 0 Å². The molecule has 0 N–H and O–H groups in total. The van der Waals surface area contributed by atoms with Crippen molar-refractivity contribution in [2.45, 2.75) is 23.8 Å². The minimum absolute atomic E-state index is 0.271. The summed E-state index contributed by atoms with van der Waals surface area (Å²) in [7, 11) is -2.10. The molecule has 1 saturated heterocycles. The van der Waals surface area contributed by atoms with Crippen LogP contribution in [0.1, 0.15) is 24.8 Å². The normalized spacial score (nSPS) is 17.3. The van der Waals surface area contributed by atoms with Crippen LogP contribution in [0.2, 0.25) is 0 Å². The minimum atomic E-state index is -3.70. The van der Waals surface area contributed by atoms with E-state index in [2.05, 4.69) is 10.1 Å². The molecule has 2 heterocycles. The van der Waals surface area contributed by atoms with Gasteiger partial charge in [-0.15, -0.1) is 0 Å². The topological polar surface area (TPSA) is 85.5 Å². The van der Waals surface area contributed by atoms with E-state index in [1.54, 1.807) is 19.2 Å². The van der Waals surface area contributed by atoms with Gasteiger partial charge < -0.3 is 9.26 Å². The lowest BCUT2D eigenvalue weighted by Gasteiger charge is -2.21. The molecule has 1 atom stereocenters. The van der Waals surface area contributed by atoms with Crippen molar-refractivity contribution in [2.75, 3.05) is 13.7 Å². The lowest BCUT2D eigenvalue weighted by Crippen LogP contribution is -2.30. The van der Waals surface area contributed by atoms with Crippen LogP contribution in [0, 0.1) is 0 Å². The molecule has 3 aromatic carbocycles. The van der Waals surface area contributed by atoms with Gasteiger partial charge in [-0.25, -0.2) is 8.42 Å². The molecule has 1 aromatic heterocycles. The lowest BCUT2D eigenvalue weighted by molar-refractivity contribution is 0.290. The number of aromatic nitrogens is 2. The molecule has 0 aliphatic carbocycles. The van der Waals surface area contributed by atoms with Crippen LogP contribution in [0.25, 0.3) is 22.2 Å². The van der Waals surface area contributed by atoms with Gasteiger partial charge in [-0.1, -0.05) is 35.5 Å². The summed E-state index contributed by atoms with van der Waals surface area (Å²) in [6.45, 7) is 0.417. The van der Waals surface area contributed by atoms with Crippen LogP contribution >= 0.6 is 0 Å². The molecule has 0 amide bonds. The van der Waals surface area contributed by atoms with Crippen LogP contribution in [0.5, 0.6) is 5.75 Å². The van der Waals surface area contributed by atoms with E-state index >= 15 is 0 Å². The third-order valence-corrected chi connectivity index (χ3v) is 7.51. The van der Waals surface area contributed by atoms with Gasteiger partial charge in [0.1, 0.15) is 11.8 Å². The molecule has 0 bridgehead atoms. The number of hydrogen-bond donors (Lipinski definition) is 0. The highest BCUT2D eigenvalue weighted by Crippen LogP contribution is 2.37. The zero-order valence-corrected chi connectivity index (χ0v) is 17.7. The van der Waals surface area contributed by atoms with Crippen molar-refractivity contribution in [3.05, 3.63) is 72.6 Å². The van der Waals surface area contributed by atoms with Gasteiger partial charge in [0, 0.05) is 12.1 Å². The summed E-state index contributed by atoms with van der Waals surface area (Å²) in [6, 6.07) is 19.8. The fraction of sp³-hybridized carbons (Fsp3) is 0.217. The first-order valence-electron chi connectivity index (χ1n) is 10.0. The Hall–Kier alpha value is -3.23. The third-order valence-electron chi connectivity index (χ3n) is 5.61. The van der Waals surface area contributed by atoms with E-state index in [0.29, 0.717) is 24.7 Å². The minimum Gasteiger partial charge on any atom is -0.497 e. The van der Waals surface area contributed by atoms with E-state index in [-0.39, 0.29) is 4.90 Å². The van der Waals surface area contributed by atoms with Crippen molar-refractivity contribution >= 4 is 20.8 Å². The number of methoxy groups -OCH3 is 1. The Kier molecular flexibility index (Phi) is 4.95. The Bertz CT molecular complexity index is 1330. The predicted molar refractivity (Wildman–Crippen MR) is 116 cm³/mol. The average molecular weight is 436 g/mol. The third kappa shape index (κ3) is 3.58. The summed E-state index contributed by atoms with van der Waals surface area (Å²) in [4.78, 5) is 4.77. The van der Waals surface area contributed by atoms with Gasteiger partial charge >= 0.3 is 0 Å². The van der Waals surface area contributed by atoms with Crippen LogP contribution in [0.15, 0.2) is 76.1 Å². The maximum absolute atomic E-state index is 13.4. The Balaban J connectivity index is 1.45. The molecule has 8 heteroatoms. The Morgan fingerprint density at radius 1 is 1.03 bits per heavy atom. The summed E-state index contributed by atoms with van der Waals surface area (Å²) in [5.41, 5.74) is 0.776. The highest BCUT2D eigenvalue weighted by atomic mass is 32.2. The molecule has 0 radical (unpaired) electrons. The molecule has 158 valence electrons. The van der Waals surface area contributed by atoms with Gasteiger partial charge in [0.05, 0.1) is 12.0 Å². The van der Waals surface area contributed by atoms with E-state index in [4.69, 9.17) is 9.26 Å². The summed E-state index contributed by atoms with van der Waals surface area (Å²) in [5, 5.41) is 5.96. The van der Waals surface area contributed by atoms with Gasteiger partial charge in [-0.05, 0) is 60.0 Å². The van der Waals surface area contributed by atoms with Gasteiger partial charge in [0.25, 0.3) is 0 Å². The Morgan fingerprint density at radius 3 is 2.58 bits per heavy atom. The highest BCUT2D eigenvalue weighted by Gasteiger charge is 2.39. The zero-order chi connectivity index (χ0) is 21.4. The van der Waals surface area contributed by atoms with Crippen molar-refractivity contribution in [1.29, 1.82) is 0 Å². The van der Waals surface area contributed by atoms with Gasteiger partial charge in [0.15, 0.2) is 0 Å². The number of sulfonamides is 1. The van der Waals surface area contributed by atoms with Crippen molar-refractivity contribution < 1.29 is 17.7 Å². The number of fused-ring (bicyclic) bond motifs is 1.